The highest BCUT2D eigenvalue weighted by Gasteiger charge is 2.23. The average Bonchev–Trinajstić information content (AvgIpc) is 2.38. The normalized spacial score (nSPS) is 16.8. The molecule has 0 aliphatic heterocycles. The number of hydrogen-bond donors (Lipinski definition) is 0. The molecule has 18 heavy (non-hydrogen) atoms. The fraction of sp³-hybridized carbons (Fsp3) is 0.643. The minimum Gasteiger partial charge on any atom is -0.352 e. The van der Waals surface area contributed by atoms with Gasteiger partial charge >= 0.3 is 0 Å². The molecule has 0 radical (unpaired) electrons. The van der Waals surface area contributed by atoms with Gasteiger partial charge < -0.3 is 4.90 Å². The lowest BCUT2D eigenvalue weighted by Gasteiger charge is -2.35. The Bertz CT molecular complexity index is 391. The summed E-state index contributed by atoms with van der Waals surface area (Å²) in [5.74, 6) is 1.70. The summed E-state index contributed by atoms with van der Waals surface area (Å²) in [5.41, 5.74) is 1.18. The van der Waals surface area contributed by atoms with Crippen molar-refractivity contribution in [2.75, 3.05) is 17.3 Å². The molecule has 4 heteroatoms. The molecule has 1 aromatic rings. The van der Waals surface area contributed by atoms with Crippen molar-refractivity contribution in [1.29, 1.82) is 0 Å². The highest BCUT2D eigenvalue weighted by atomic mass is 79.9. The lowest BCUT2D eigenvalue weighted by Crippen LogP contribution is -2.39. The Balaban J connectivity index is 2.22. The molecule has 1 fully saturated rings. The van der Waals surface area contributed by atoms with Crippen LogP contribution in [0.15, 0.2) is 16.7 Å². The molecule has 0 amide bonds. The zero-order chi connectivity index (χ0) is 13.0. The van der Waals surface area contributed by atoms with Gasteiger partial charge in [-0.15, -0.1) is 11.6 Å². The molecule has 1 aliphatic rings. The monoisotopic (exact) mass is 330 g/mol. The zero-order valence-corrected chi connectivity index (χ0v) is 13.2. The summed E-state index contributed by atoms with van der Waals surface area (Å²) in [5, 5.41) is 0. The largest absolute Gasteiger partial charge is 0.352 e. The van der Waals surface area contributed by atoms with E-state index >= 15 is 0 Å². The molecule has 0 N–H and O–H groups in total. The fourth-order valence-corrected chi connectivity index (χ4v) is 3.56. The molecule has 0 aromatic carbocycles. The molecule has 1 heterocycles. The van der Waals surface area contributed by atoms with Gasteiger partial charge in [-0.05, 0) is 47.3 Å². The molecule has 0 atom stereocenters. The number of aromatic nitrogens is 1. The quantitative estimate of drug-likeness (QED) is 0.754. The van der Waals surface area contributed by atoms with Gasteiger partial charge in [0, 0.05) is 24.7 Å². The van der Waals surface area contributed by atoms with Crippen LogP contribution in [0, 0.1) is 6.92 Å². The second-order valence-electron chi connectivity index (χ2n) is 4.99. The van der Waals surface area contributed by atoms with Gasteiger partial charge in [0.15, 0.2) is 0 Å². The number of alkyl halides is 1. The SMILES string of the molecule is Cc1cnc(N(CCCl)C2CCCCC2)c(Br)c1. The predicted molar refractivity (Wildman–Crippen MR) is 81.6 cm³/mol. The molecule has 1 saturated carbocycles. The smallest absolute Gasteiger partial charge is 0.143 e. The van der Waals surface area contributed by atoms with Gasteiger partial charge in [-0.2, -0.15) is 0 Å². The van der Waals surface area contributed by atoms with Crippen LogP contribution >= 0.6 is 27.5 Å². The maximum absolute atomic E-state index is 5.96. The van der Waals surface area contributed by atoms with Crippen LogP contribution in [-0.4, -0.2) is 23.5 Å². The number of anilines is 1. The number of hydrogen-bond acceptors (Lipinski definition) is 2. The van der Waals surface area contributed by atoms with E-state index in [0.717, 1.165) is 16.8 Å². The van der Waals surface area contributed by atoms with E-state index in [2.05, 4.69) is 38.8 Å². The van der Waals surface area contributed by atoms with Crippen LogP contribution in [0.25, 0.3) is 0 Å². The maximum Gasteiger partial charge on any atom is 0.143 e. The molecule has 100 valence electrons. The summed E-state index contributed by atoms with van der Waals surface area (Å²) in [6.45, 7) is 2.94. The summed E-state index contributed by atoms with van der Waals surface area (Å²) in [7, 11) is 0. The summed E-state index contributed by atoms with van der Waals surface area (Å²) in [4.78, 5) is 6.98. The van der Waals surface area contributed by atoms with Crippen molar-refractivity contribution in [2.24, 2.45) is 0 Å². The first-order valence-electron chi connectivity index (χ1n) is 6.67. The summed E-state index contributed by atoms with van der Waals surface area (Å²) < 4.78 is 1.08. The van der Waals surface area contributed by atoms with Crippen LogP contribution in [0.1, 0.15) is 37.7 Å². The van der Waals surface area contributed by atoms with Crippen molar-refractivity contribution < 1.29 is 0 Å². The number of rotatable bonds is 4. The summed E-state index contributed by atoms with van der Waals surface area (Å²) >= 11 is 9.60. The lowest BCUT2D eigenvalue weighted by molar-refractivity contribution is 0.416. The minimum atomic E-state index is 0.601. The van der Waals surface area contributed by atoms with E-state index in [1.165, 1.54) is 37.7 Å². The van der Waals surface area contributed by atoms with Crippen molar-refractivity contribution in [3.05, 3.63) is 22.3 Å². The van der Waals surface area contributed by atoms with Gasteiger partial charge in [-0.1, -0.05) is 19.3 Å². The highest BCUT2D eigenvalue weighted by Crippen LogP contribution is 2.31. The Labute approximate surface area is 123 Å². The number of pyridine rings is 1. The van der Waals surface area contributed by atoms with E-state index in [0.29, 0.717) is 11.9 Å². The van der Waals surface area contributed by atoms with E-state index in [1.807, 2.05) is 6.20 Å². The van der Waals surface area contributed by atoms with Crippen LogP contribution < -0.4 is 4.90 Å². The second kappa shape index (κ2) is 6.76. The van der Waals surface area contributed by atoms with Gasteiger partial charge in [-0.3, -0.25) is 0 Å². The molecular weight excluding hydrogens is 312 g/mol. The first kappa shape index (κ1) is 14.1. The van der Waals surface area contributed by atoms with Crippen molar-refractivity contribution in [3.63, 3.8) is 0 Å². The van der Waals surface area contributed by atoms with Crippen molar-refractivity contribution >= 4 is 33.3 Å². The molecular formula is C14H20BrClN2. The van der Waals surface area contributed by atoms with E-state index in [-0.39, 0.29) is 0 Å². The molecule has 0 saturated heterocycles. The molecule has 2 rings (SSSR count). The molecule has 0 spiro atoms. The van der Waals surface area contributed by atoms with E-state index in [1.54, 1.807) is 0 Å². The van der Waals surface area contributed by atoms with Gasteiger partial charge in [0.05, 0.1) is 4.47 Å². The second-order valence-corrected chi connectivity index (χ2v) is 6.22. The fourth-order valence-electron chi connectivity index (χ4n) is 2.68. The third kappa shape index (κ3) is 3.39. The zero-order valence-electron chi connectivity index (χ0n) is 10.8. The Morgan fingerprint density at radius 1 is 1.39 bits per heavy atom. The van der Waals surface area contributed by atoms with Gasteiger partial charge in [0.2, 0.25) is 0 Å². The Morgan fingerprint density at radius 3 is 2.72 bits per heavy atom. The Hall–Kier alpha value is -0.280. The molecule has 0 bridgehead atoms. The number of nitrogens with zero attached hydrogens (tertiary/aromatic N) is 2. The molecule has 0 unspecified atom stereocenters. The summed E-state index contributed by atoms with van der Waals surface area (Å²) in [6.07, 6.45) is 8.48. The minimum absolute atomic E-state index is 0.601. The van der Waals surface area contributed by atoms with Crippen molar-refractivity contribution in [1.82, 2.24) is 4.98 Å². The molecule has 1 aliphatic carbocycles. The van der Waals surface area contributed by atoms with Crippen molar-refractivity contribution in [2.45, 2.75) is 45.1 Å². The molecule has 2 nitrogen and oxygen atoms in total. The first-order valence-corrected chi connectivity index (χ1v) is 8.00. The predicted octanol–water partition coefficient (Wildman–Crippen LogP) is 4.53. The number of aryl methyl sites for hydroxylation is 1. The third-order valence-corrected chi connectivity index (χ3v) is 4.32. The van der Waals surface area contributed by atoms with Crippen LogP contribution in [0.2, 0.25) is 0 Å². The lowest BCUT2D eigenvalue weighted by atomic mass is 9.94. The van der Waals surface area contributed by atoms with Gasteiger partial charge in [0.25, 0.3) is 0 Å². The van der Waals surface area contributed by atoms with E-state index in [9.17, 15) is 0 Å². The first-order chi connectivity index (χ1) is 8.72. The maximum atomic E-state index is 5.96. The standard InChI is InChI=1S/C14H20BrClN2/c1-11-9-13(15)14(17-10-11)18(8-7-16)12-5-3-2-4-6-12/h9-10,12H,2-8H2,1H3. The topological polar surface area (TPSA) is 16.1 Å². The highest BCUT2D eigenvalue weighted by molar-refractivity contribution is 9.10. The van der Waals surface area contributed by atoms with Gasteiger partial charge in [0.1, 0.15) is 5.82 Å². The van der Waals surface area contributed by atoms with Gasteiger partial charge in [-0.25, -0.2) is 4.98 Å². The third-order valence-electron chi connectivity index (χ3n) is 3.57. The van der Waals surface area contributed by atoms with Crippen molar-refractivity contribution in [3.8, 4) is 0 Å². The van der Waals surface area contributed by atoms with E-state index < -0.39 is 0 Å². The van der Waals surface area contributed by atoms with Crippen LogP contribution in [-0.2, 0) is 0 Å². The summed E-state index contributed by atoms with van der Waals surface area (Å²) in [6, 6.07) is 2.73. The Morgan fingerprint density at radius 2 is 2.11 bits per heavy atom. The van der Waals surface area contributed by atoms with E-state index in [4.69, 9.17) is 11.6 Å². The average molecular weight is 332 g/mol. The van der Waals surface area contributed by atoms with Crippen LogP contribution in [0.5, 0.6) is 0 Å². The molecule has 1 aromatic heterocycles. The van der Waals surface area contributed by atoms with Crippen LogP contribution in [0.3, 0.4) is 0 Å². The Kier molecular flexibility index (Phi) is 5.31. The van der Waals surface area contributed by atoms with Crippen LogP contribution in [0.4, 0.5) is 5.82 Å². The number of halogens is 2.